The minimum Gasteiger partial charge on any atom is -0.399 e. The van der Waals surface area contributed by atoms with Gasteiger partial charge in [-0.25, -0.2) is 4.98 Å². The zero-order valence-corrected chi connectivity index (χ0v) is 20.9. The number of piperidine rings is 2. The number of benzene rings is 1. The number of rotatable bonds is 6. The number of carbonyl (C=O) groups excluding carboxylic acids is 1. The van der Waals surface area contributed by atoms with Gasteiger partial charge in [-0.1, -0.05) is 28.4 Å². The van der Waals surface area contributed by atoms with Gasteiger partial charge < -0.3 is 15.5 Å². The lowest BCUT2D eigenvalue weighted by Crippen LogP contribution is -2.46. The number of nitrogens with two attached hydrogens (primary N) is 1. The van der Waals surface area contributed by atoms with Crippen molar-refractivity contribution in [2.45, 2.75) is 32.2 Å². The molecule has 1 aromatic heterocycles. The molecule has 0 bridgehead atoms. The molecule has 2 saturated heterocycles. The molecular weight excluding hydrogens is 473 g/mol. The Morgan fingerprint density at radius 1 is 1.06 bits per heavy atom. The number of nitrogens with zero attached hydrogens (tertiary/aromatic N) is 4. The third-order valence-electron chi connectivity index (χ3n) is 6.73. The second-order valence-electron chi connectivity index (χ2n) is 9.06. The molecule has 0 unspecified atom stereocenters. The summed E-state index contributed by atoms with van der Waals surface area (Å²) in [6.07, 6.45) is 5.18. The fourth-order valence-corrected chi connectivity index (χ4v) is 5.51. The zero-order valence-electron chi connectivity index (χ0n) is 19.4. The molecule has 2 aliphatic heterocycles. The van der Waals surface area contributed by atoms with E-state index in [9.17, 15) is 4.79 Å². The molecule has 0 aliphatic carbocycles. The lowest BCUT2D eigenvalue weighted by atomic mass is 9.87. The summed E-state index contributed by atoms with van der Waals surface area (Å²) in [5.74, 6) is 1.10. The maximum absolute atomic E-state index is 13.2. The van der Waals surface area contributed by atoms with Gasteiger partial charge in [0.25, 0.3) is 0 Å². The summed E-state index contributed by atoms with van der Waals surface area (Å²) in [6.45, 7) is 4.10. The fourth-order valence-electron chi connectivity index (χ4n) is 4.98. The Labute approximate surface area is 210 Å². The smallest absolute Gasteiger partial charge is 0.225 e. The predicted octanol–water partition coefficient (Wildman–Crippen LogP) is 4.47. The summed E-state index contributed by atoms with van der Waals surface area (Å²) in [5, 5.41) is 5.42. The first-order valence-electron chi connectivity index (χ1n) is 11.7. The molecule has 9 heteroatoms. The van der Waals surface area contributed by atoms with Gasteiger partial charge in [-0.05, 0) is 74.7 Å². The highest BCUT2D eigenvalue weighted by Gasteiger charge is 2.32. The highest BCUT2D eigenvalue weighted by atomic mass is 35.5. The number of halogens is 2. The Morgan fingerprint density at radius 2 is 1.71 bits per heavy atom. The lowest BCUT2D eigenvalue weighted by molar-refractivity contribution is -0.138. The van der Waals surface area contributed by atoms with Gasteiger partial charge in [-0.3, -0.25) is 9.69 Å². The molecule has 1 amide bonds. The van der Waals surface area contributed by atoms with Crippen LogP contribution in [0.3, 0.4) is 0 Å². The van der Waals surface area contributed by atoms with Crippen molar-refractivity contribution >= 4 is 40.6 Å². The predicted molar refractivity (Wildman–Crippen MR) is 136 cm³/mol. The lowest BCUT2D eigenvalue weighted by Gasteiger charge is -2.37. The normalized spacial score (nSPS) is 18.8. The molecule has 7 nitrogen and oxygen atoms in total. The molecular formula is C25H31Cl2N5O2. The number of nitrogen functional groups attached to an aromatic ring is 1. The van der Waals surface area contributed by atoms with Crippen molar-refractivity contribution < 1.29 is 9.63 Å². The van der Waals surface area contributed by atoms with Crippen LogP contribution in [0.25, 0.3) is 0 Å². The van der Waals surface area contributed by atoms with E-state index in [1.165, 1.54) is 0 Å². The average Bonchev–Trinajstić information content (AvgIpc) is 2.82. The van der Waals surface area contributed by atoms with Crippen molar-refractivity contribution in [3.8, 4) is 0 Å². The number of hydrogen-bond donors (Lipinski definition) is 1. The third kappa shape index (κ3) is 6.20. The molecule has 2 N–H and O–H groups in total. The van der Waals surface area contributed by atoms with Gasteiger partial charge in [0.1, 0.15) is 12.9 Å². The molecule has 2 aliphatic rings. The highest BCUT2D eigenvalue weighted by Crippen LogP contribution is 2.29. The SMILES string of the molecule is CO/N=C(\c1cc(Cl)cc(Cl)c1)C1CCN(C(=O)C2CCN(Cc3ccnc(N)c3)CC2)CC1. The topological polar surface area (TPSA) is 84.0 Å². The van der Waals surface area contributed by atoms with Gasteiger partial charge >= 0.3 is 0 Å². The van der Waals surface area contributed by atoms with E-state index in [1.54, 1.807) is 19.4 Å². The van der Waals surface area contributed by atoms with Gasteiger partial charge in [0.2, 0.25) is 5.91 Å². The Morgan fingerprint density at radius 3 is 2.32 bits per heavy atom. The number of hydrogen-bond acceptors (Lipinski definition) is 6. The number of carbonyl (C=O) groups is 1. The monoisotopic (exact) mass is 503 g/mol. The first-order chi connectivity index (χ1) is 16.4. The van der Waals surface area contributed by atoms with Gasteiger partial charge in [-0.2, -0.15) is 0 Å². The zero-order chi connectivity index (χ0) is 24.1. The van der Waals surface area contributed by atoms with Crippen LogP contribution in [0.2, 0.25) is 10.0 Å². The third-order valence-corrected chi connectivity index (χ3v) is 7.17. The fraction of sp³-hybridized carbons (Fsp3) is 0.480. The molecule has 2 aromatic rings. The number of amides is 1. The van der Waals surface area contributed by atoms with Crippen LogP contribution in [-0.2, 0) is 16.2 Å². The quantitative estimate of drug-likeness (QED) is 0.464. The number of pyridine rings is 1. The molecule has 1 aromatic carbocycles. The molecule has 0 radical (unpaired) electrons. The highest BCUT2D eigenvalue weighted by molar-refractivity contribution is 6.35. The van der Waals surface area contributed by atoms with Crippen molar-refractivity contribution in [2.24, 2.45) is 17.0 Å². The van der Waals surface area contributed by atoms with Crippen LogP contribution < -0.4 is 5.73 Å². The maximum atomic E-state index is 13.2. The van der Waals surface area contributed by atoms with E-state index in [4.69, 9.17) is 33.8 Å². The summed E-state index contributed by atoms with van der Waals surface area (Å²) < 4.78 is 0. The molecule has 0 atom stereocenters. The van der Waals surface area contributed by atoms with Gasteiger partial charge in [0.05, 0.1) is 5.71 Å². The van der Waals surface area contributed by atoms with E-state index in [1.807, 2.05) is 29.2 Å². The Kier molecular flexibility index (Phi) is 8.29. The molecule has 34 heavy (non-hydrogen) atoms. The largest absolute Gasteiger partial charge is 0.399 e. The van der Waals surface area contributed by atoms with Crippen LogP contribution in [-0.4, -0.2) is 59.7 Å². The van der Waals surface area contributed by atoms with Crippen molar-refractivity contribution in [1.29, 1.82) is 0 Å². The average molecular weight is 504 g/mol. The minimum atomic E-state index is 0.0918. The van der Waals surface area contributed by atoms with E-state index < -0.39 is 0 Å². The molecule has 4 rings (SSSR count). The van der Waals surface area contributed by atoms with Crippen LogP contribution in [0.4, 0.5) is 5.82 Å². The number of aromatic nitrogens is 1. The molecule has 3 heterocycles. The van der Waals surface area contributed by atoms with E-state index in [2.05, 4.69) is 15.0 Å². The standard InChI is InChI=1S/C25H31Cl2N5O2/c1-34-30-24(20-13-21(26)15-22(27)14-20)18-5-10-32(11-6-18)25(33)19-3-8-31(9-4-19)16-17-2-7-29-23(28)12-17/h2,7,12-15,18-19H,3-6,8-11,16H2,1H3,(H2,28,29)/b30-24-. The van der Waals surface area contributed by atoms with Crippen molar-refractivity contribution in [1.82, 2.24) is 14.8 Å². The van der Waals surface area contributed by atoms with E-state index >= 15 is 0 Å². The summed E-state index contributed by atoms with van der Waals surface area (Å²) >= 11 is 12.4. The van der Waals surface area contributed by atoms with Gasteiger partial charge in [-0.15, -0.1) is 0 Å². The molecule has 182 valence electrons. The van der Waals surface area contributed by atoms with Crippen LogP contribution in [0.5, 0.6) is 0 Å². The Hall–Kier alpha value is -2.35. The molecule has 2 fully saturated rings. The Balaban J connectivity index is 1.30. The minimum absolute atomic E-state index is 0.0918. The molecule has 0 spiro atoms. The summed E-state index contributed by atoms with van der Waals surface area (Å²) in [4.78, 5) is 26.8. The van der Waals surface area contributed by atoms with Gasteiger partial charge in [0.15, 0.2) is 0 Å². The second-order valence-corrected chi connectivity index (χ2v) is 9.93. The van der Waals surface area contributed by atoms with Crippen LogP contribution in [0.15, 0.2) is 41.7 Å². The first kappa shape index (κ1) is 24.8. The number of likely N-dealkylation sites (tertiary alicyclic amines) is 2. The van der Waals surface area contributed by atoms with Crippen molar-refractivity contribution in [3.63, 3.8) is 0 Å². The van der Waals surface area contributed by atoms with Crippen LogP contribution in [0.1, 0.15) is 36.8 Å². The summed E-state index contributed by atoms with van der Waals surface area (Å²) in [6, 6.07) is 9.33. The molecule has 0 saturated carbocycles. The van der Waals surface area contributed by atoms with E-state index in [0.717, 1.165) is 75.2 Å². The summed E-state index contributed by atoms with van der Waals surface area (Å²) in [7, 11) is 1.54. The van der Waals surface area contributed by atoms with E-state index in [-0.39, 0.29) is 17.7 Å². The van der Waals surface area contributed by atoms with Crippen molar-refractivity contribution in [3.05, 3.63) is 57.7 Å². The number of anilines is 1. The van der Waals surface area contributed by atoms with Gasteiger partial charge in [0, 0.05) is 53.3 Å². The second kappa shape index (κ2) is 11.4. The summed E-state index contributed by atoms with van der Waals surface area (Å²) in [5.41, 5.74) is 8.66. The number of oxime groups is 1. The van der Waals surface area contributed by atoms with E-state index in [0.29, 0.717) is 15.9 Å². The van der Waals surface area contributed by atoms with Crippen molar-refractivity contribution in [2.75, 3.05) is 39.0 Å². The maximum Gasteiger partial charge on any atom is 0.225 e. The van der Waals surface area contributed by atoms with Crippen LogP contribution in [0, 0.1) is 11.8 Å². The first-order valence-corrected chi connectivity index (χ1v) is 12.5. The Bertz CT molecular complexity index is 1010. The van der Waals surface area contributed by atoms with Crippen LogP contribution >= 0.6 is 23.2 Å².